The first-order valence-corrected chi connectivity index (χ1v) is 5.07. The maximum absolute atomic E-state index is 4.26. The summed E-state index contributed by atoms with van der Waals surface area (Å²) < 4.78 is 0. The molecule has 0 aliphatic heterocycles. The van der Waals surface area contributed by atoms with Crippen LogP contribution in [0.2, 0.25) is 0 Å². The first kappa shape index (κ1) is 6.78. The Hall–Kier alpha value is 0.780. The third-order valence-electron chi connectivity index (χ3n) is 0.747. The van der Waals surface area contributed by atoms with E-state index in [4.69, 9.17) is 0 Å². The lowest BCUT2D eigenvalue weighted by molar-refractivity contribution is 1.10. The molecule has 0 aromatic rings. The molecule has 0 nitrogen and oxygen atoms in total. The van der Waals surface area contributed by atoms with Crippen molar-refractivity contribution in [3.8, 4) is 0 Å². The van der Waals surface area contributed by atoms with Gasteiger partial charge in [0.2, 0.25) is 0 Å². The van der Waals surface area contributed by atoms with Gasteiger partial charge >= 0.3 is 0 Å². The highest BCUT2D eigenvalue weighted by atomic mass is 32.7. The highest BCUT2D eigenvalue weighted by Crippen LogP contribution is 2.40. The van der Waals surface area contributed by atoms with Crippen LogP contribution in [0.5, 0.6) is 0 Å². The summed E-state index contributed by atoms with van der Waals surface area (Å²) in [7, 11) is 0.0350. The Balaban J connectivity index is 2.99. The minimum atomic E-state index is 0.0350. The third kappa shape index (κ3) is 2.99. The average Bonchev–Trinajstić information content (AvgIpc) is 1.36. The molecule has 0 radical (unpaired) electrons. The normalized spacial score (nSPS) is 15.5. The maximum atomic E-state index is 4.26. The fraction of sp³-hybridized carbons (Fsp3) is 1.00. The number of hydrogen-bond acceptors (Lipinski definition) is 1. The molecule has 6 heavy (non-hydrogen) atoms. The molecule has 0 spiro atoms. The summed E-state index contributed by atoms with van der Waals surface area (Å²) in [5.41, 5.74) is 0.781. The monoisotopic (exact) mass is 122 g/mol. The molecule has 0 aliphatic rings. The molecular formula is C4H11PS. The van der Waals surface area contributed by atoms with Gasteiger partial charge in [-0.25, -0.2) is 0 Å². The topological polar surface area (TPSA) is 0 Å². The second-order valence-electron chi connectivity index (χ2n) is 1.67. The van der Waals surface area contributed by atoms with E-state index in [-0.39, 0.29) is 7.12 Å². The average molecular weight is 122 g/mol. The molecule has 0 aliphatic carbocycles. The van der Waals surface area contributed by atoms with Gasteiger partial charge in [-0.1, -0.05) is 21.0 Å². The van der Waals surface area contributed by atoms with Gasteiger partial charge in [0, 0.05) is 0 Å². The van der Waals surface area contributed by atoms with E-state index in [9.17, 15) is 0 Å². The van der Waals surface area contributed by atoms with Crippen LogP contribution in [0.25, 0.3) is 0 Å². The summed E-state index contributed by atoms with van der Waals surface area (Å²) in [5, 5.41) is 0. The van der Waals surface area contributed by atoms with Gasteiger partial charge in [0.1, 0.15) is 0 Å². The van der Waals surface area contributed by atoms with Crippen LogP contribution < -0.4 is 0 Å². The minimum Gasteiger partial charge on any atom is -0.151 e. The van der Waals surface area contributed by atoms with E-state index in [1.54, 1.807) is 0 Å². The summed E-state index contributed by atoms with van der Waals surface area (Å²) in [4.78, 5) is 0. The van der Waals surface area contributed by atoms with E-state index in [1.165, 1.54) is 0 Å². The minimum absolute atomic E-state index is 0.0350. The Labute approximate surface area is 46.2 Å². The molecule has 0 amide bonds. The molecule has 0 fully saturated rings. The van der Waals surface area contributed by atoms with Crippen molar-refractivity contribution in [1.82, 2.24) is 0 Å². The van der Waals surface area contributed by atoms with Crippen LogP contribution in [-0.4, -0.2) is 12.3 Å². The lowest BCUT2D eigenvalue weighted by Crippen LogP contribution is -1.82. The summed E-state index contributed by atoms with van der Waals surface area (Å²) in [5.74, 6) is 0. The van der Waals surface area contributed by atoms with Crippen LogP contribution in [0.4, 0.5) is 0 Å². The predicted molar refractivity (Wildman–Crippen MR) is 37.0 cm³/mol. The third-order valence-corrected chi connectivity index (χ3v) is 3.63. The zero-order valence-corrected chi connectivity index (χ0v) is 6.26. The van der Waals surface area contributed by atoms with Crippen molar-refractivity contribution in [2.45, 2.75) is 19.5 Å². The van der Waals surface area contributed by atoms with E-state index in [2.05, 4.69) is 32.8 Å². The van der Waals surface area contributed by atoms with Crippen LogP contribution in [0.3, 0.4) is 0 Å². The maximum Gasteiger partial charge on any atom is -0.0179 e. The Bertz CT molecular complexity index is 28.5. The molecule has 0 aromatic heterocycles. The molecule has 0 rings (SSSR count). The Kier molecular flexibility index (Phi) is 3.25. The SMILES string of the molecule is CC(C)P(C)S. The van der Waals surface area contributed by atoms with Crippen molar-refractivity contribution in [3.63, 3.8) is 0 Å². The molecule has 2 heteroatoms. The van der Waals surface area contributed by atoms with Gasteiger partial charge in [0.15, 0.2) is 0 Å². The van der Waals surface area contributed by atoms with Gasteiger partial charge in [-0.05, 0) is 12.3 Å². The van der Waals surface area contributed by atoms with Gasteiger partial charge in [-0.2, -0.15) is 12.2 Å². The van der Waals surface area contributed by atoms with Crippen molar-refractivity contribution in [2.24, 2.45) is 0 Å². The lowest BCUT2D eigenvalue weighted by Gasteiger charge is -2.05. The molecule has 38 valence electrons. The summed E-state index contributed by atoms with van der Waals surface area (Å²) in [6.45, 7) is 6.56. The lowest BCUT2D eigenvalue weighted by atomic mass is 10.6. The van der Waals surface area contributed by atoms with Crippen molar-refractivity contribution in [1.29, 1.82) is 0 Å². The van der Waals surface area contributed by atoms with Crippen molar-refractivity contribution >= 4 is 19.4 Å². The second-order valence-corrected chi connectivity index (χ2v) is 5.74. The second kappa shape index (κ2) is 2.87. The molecule has 0 heterocycles. The Morgan fingerprint density at radius 1 is 1.50 bits per heavy atom. The zero-order valence-electron chi connectivity index (χ0n) is 4.47. The quantitative estimate of drug-likeness (QED) is 0.400. The summed E-state index contributed by atoms with van der Waals surface area (Å²) >= 11 is 4.26. The van der Waals surface area contributed by atoms with Gasteiger partial charge in [0.25, 0.3) is 0 Å². The van der Waals surface area contributed by atoms with Crippen LogP contribution in [0, 0.1) is 0 Å². The van der Waals surface area contributed by atoms with Gasteiger partial charge in [-0.3, -0.25) is 0 Å². The zero-order chi connectivity index (χ0) is 5.15. The number of thiol groups is 1. The highest BCUT2D eigenvalue weighted by molar-refractivity contribution is 8.45. The fourth-order valence-corrected chi connectivity index (χ4v) is 0. The van der Waals surface area contributed by atoms with Crippen LogP contribution >= 0.6 is 19.4 Å². The van der Waals surface area contributed by atoms with Crippen LogP contribution in [0.1, 0.15) is 13.8 Å². The molecular weight excluding hydrogens is 111 g/mol. The number of hydrogen-bond donors (Lipinski definition) is 1. The van der Waals surface area contributed by atoms with Crippen LogP contribution in [0.15, 0.2) is 0 Å². The fourth-order valence-electron chi connectivity index (χ4n) is 0. The van der Waals surface area contributed by atoms with E-state index in [1.807, 2.05) is 0 Å². The van der Waals surface area contributed by atoms with Crippen LogP contribution in [-0.2, 0) is 0 Å². The van der Waals surface area contributed by atoms with E-state index in [0.717, 1.165) is 5.66 Å². The smallest absolute Gasteiger partial charge is 0.0179 e. The molecule has 1 unspecified atom stereocenters. The van der Waals surface area contributed by atoms with Crippen molar-refractivity contribution in [3.05, 3.63) is 0 Å². The number of rotatable bonds is 1. The van der Waals surface area contributed by atoms with Gasteiger partial charge < -0.3 is 0 Å². The molecule has 0 N–H and O–H groups in total. The summed E-state index contributed by atoms with van der Waals surface area (Å²) in [6, 6.07) is 0. The first-order valence-electron chi connectivity index (χ1n) is 2.06. The predicted octanol–water partition coefficient (Wildman–Crippen LogP) is 2.35. The molecule has 0 bridgehead atoms. The molecule has 0 saturated heterocycles. The first-order chi connectivity index (χ1) is 2.64. The van der Waals surface area contributed by atoms with Crippen molar-refractivity contribution in [2.75, 3.05) is 6.66 Å². The van der Waals surface area contributed by atoms with E-state index < -0.39 is 0 Å². The molecule has 1 atom stereocenters. The van der Waals surface area contributed by atoms with E-state index >= 15 is 0 Å². The largest absolute Gasteiger partial charge is 0.151 e. The molecule has 0 saturated carbocycles. The molecule has 0 aromatic carbocycles. The Morgan fingerprint density at radius 3 is 1.67 bits per heavy atom. The summed E-state index contributed by atoms with van der Waals surface area (Å²) in [6.07, 6.45) is 0. The van der Waals surface area contributed by atoms with Crippen molar-refractivity contribution < 1.29 is 0 Å². The van der Waals surface area contributed by atoms with Gasteiger partial charge in [-0.15, -0.1) is 0 Å². The van der Waals surface area contributed by atoms with Gasteiger partial charge in [0.05, 0.1) is 0 Å². The standard InChI is InChI=1S/C4H11PS/c1-4(2)5(3)6/h4,6H,1-3H3. The Morgan fingerprint density at radius 2 is 1.67 bits per heavy atom. The van der Waals surface area contributed by atoms with E-state index in [0.29, 0.717) is 0 Å². The highest BCUT2D eigenvalue weighted by Gasteiger charge is 1.95.